The lowest BCUT2D eigenvalue weighted by atomic mass is 9.83. The van der Waals surface area contributed by atoms with Crippen molar-refractivity contribution in [3.05, 3.63) is 29.3 Å². The molecule has 2 amide bonds. The highest BCUT2D eigenvalue weighted by molar-refractivity contribution is 5.85. The Bertz CT molecular complexity index is 727. The van der Waals surface area contributed by atoms with Crippen molar-refractivity contribution in [1.29, 1.82) is 0 Å². The molecule has 1 aliphatic rings. The smallest absolute Gasteiger partial charge is 0.412 e. The maximum atomic E-state index is 12.6. The van der Waals surface area contributed by atoms with Crippen LogP contribution in [-0.2, 0) is 21.4 Å². The van der Waals surface area contributed by atoms with Crippen molar-refractivity contribution < 1.29 is 19.1 Å². The number of ether oxygens (including phenoxy) is 2. The van der Waals surface area contributed by atoms with Crippen molar-refractivity contribution in [3.8, 4) is 0 Å². The molecule has 1 heterocycles. The van der Waals surface area contributed by atoms with Gasteiger partial charge in [-0.25, -0.2) is 9.59 Å². The van der Waals surface area contributed by atoms with E-state index >= 15 is 0 Å². The third-order valence-corrected chi connectivity index (χ3v) is 4.30. The van der Waals surface area contributed by atoms with Gasteiger partial charge in [0, 0.05) is 12.2 Å². The molecule has 6 heteroatoms. The van der Waals surface area contributed by atoms with Crippen LogP contribution in [0.25, 0.3) is 0 Å². The highest BCUT2D eigenvalue weighted by Crippen LogP contribution is 2.37. The van der Waals surface area contributed by atoms with Gasteiger partial charge in [0.2, 0.25) is 0 Å². The van der Waals surface area contributed by atoms with E-state index in [1.807, 2.05) is 73.6 Å². The summed E-state index contributed by atoms with van der Waals surface area (Å²) in [7, 11) is 0. The lowest BCUT2D eigenvalue weighted by Crippen LogP contribution is -2.51. The molecule has 0 aromatic heterocycles. The summed E-state index contributed by atoms with van der Waals surface area (Å²) in [6.45, 7) is 15.7. The van der Waals surface area contributed by atoms with Crippen molar-refractivity contribution >= 4 is 17.9 Å². The second-order valence-corrected chi connectivity index (χ2v) is 9.44. The van der Waals surface area contributed by atoms with Gasteiger partial charge in [-0.05, 0) is 85.1 Å². The number of hydrogen-bond donors (Lipinski definition) is 1. The summed E-state index contributed by atoms with van der Waals surface area (Å²) in [5.74, 6) is 0. The minimum absolute atomic E-state index is 0.311. The van der Waals surface area contributed by atoms with Crippen LogP contribution in [0.4, 0.5) is 15.3 Å². The summed E-state index contributed by atoms with van der Waals surface area (Å²) in [6, 6.07) is 5.75. The molecular formula is C21H32N2O4. The first-order valence-corrected chi connectivity index (χ1v) is 9.33. The van der Waals surface area contributed by atoms with Crippen LogP contribution in [0.2, 0.25) is 0 Å². The van der Waals surface area contributed by atoms with Crippen molar-refractivity contribution in [3.63, 3.8) is 0 Å². The molecule has 1 aromatic carbocycles. The third-order valence-electron chi connectivity index (χ3n) is 4.30. The van der Waals surface area contributed by atoms with Gasteiger partial charge in [-0.15, -0.1) is 0 Å². The maximum absolute atomic E-state index is 12.6. The molecule has 0 unspecified atom stereocenters. The zero-order valence-electron chi connectivity index (χ0n) is 17.7. The monoisotopic (exact) mass is 376 g/mol. The Hall–Kier alpha value is -2.24. The topological polar surface area (TPSA) is 67.9 Å². The second kappa shape index (κ2) is 7.06. The third kappa shape index (κ3) is 5.37. The minimum atomic E-state index is -0.547. The van der Waals surface area contributed by atoms with Crippen molar-refractivity contribution in [2.45, 2.75) is 78.6 Å². The molecule has 0 aliphatic carbocycles. The van der Waals surface area contributed by atoms with Crippen molar-refractivity contribution in [2.24, 2.45) is 0 Å². The van der Waals surface area contributed by atoms with Gasteiger partial charge in [0.15, 0.2) is 0 Å². The fraction of sp³-hybridized carbons (Fsp3) is 0.619. The number of carbonyl (C=O) groups is 2. The molecular weight excluding hydrogens is 344 g/mol. The SMILES string of the molecule is CC(C)(C)OC(=O)Nc1ccc2c(c1)CCN(C(=O)OC(C)(C)C)C2(C)C. The van der Waals surface area contributed by atoms with Gasteiger partial charge in [-0.1, -0.05) is 6.07 Å². The fourth-order valence-electron chi connectivity index (χ4n) is 3.19. The summed E-state index contributed by atoms with van der Waals surface area (Å²) < 4.78 is 10.9. The van der Waals surface area contributed by atoms with Crippen LogP contribution in [0, 0.1) is 0 Å². The van der Waals surface area contributed by atoms with Gasteiger partial charge in [-0.2, -0.15) is 0 Å². The first kappa shape index (κ1) is 21.1. The lowest BCUT2D eigenvalue weighted by molar-refractivity contribution is -0.000309. The van der Waals surface area contributed by atoms with Crippen LogP contribution >= 0.6 is 0 Å². The van der Waals surface area contributed by atoms with Gasteiger partial charge in [0.25, 0.3) is 0 Å². The molecule has 0 spiro atoms. The summed E-state index contributed by atoms with van der Waals surface area (Å²) >= 11 is 0. The Morgan fingerprint density at radius 3 is 2.19 bits per heavy atom. The number of nitrogens with zero attached hydrogens (tertiary/aromatic N) is 1. The van der Waals surface area contributed by atoms with Crippen LogP contribution < -0.4 is 5.32 Å². The highest BCUT2D eigenvalue weighted by atomic mass is 16.6. The van der Waals surface area contributed by atoms with E-state index < -0.39 is 22.8 Å². The van der Waals surface area contributed by atoms with E-state index in [4.69, 9.17) is 9.47 Å². The Balaban J connectivity index is 2.20. The van der Waals surface area contributed by atoms with E-state index in [9.17, 15) is 9.59 Å². The van der Waals surface area contributed by atoms with Crippen LogP contribution in [-0.4, -0.2) is 34.8 Å². The van der Waals surface area contributed by atoms with Crippen molar-refractivity contribution in [2.75, 3.05) is 11.9 Å². The van der Waals surface area contributed by atoms with Gasteiger partial charge >= 0.3 is 12.2 Å². The van der Waals surface area contributed by atoms with E-state index in [0.717, 1.165) is 11.1 Å². The molecule has 2 rings (SSSR count). The van der Waals surface area contributed by atoms with Gasteiger partial charge in [0.05, 0.1) is 5.54 Å². The average Bonchev–Trinajstić information content (AvgIpc) is 2.42. The number of amides is 2. The Labute approximate surface area is 162 Å². The Kier molecular flexibility index (Phi) is 5.51. The number of anilines is 1. The number of carbonyl (C=O) groups excluding carboxylic acids is 2. The summed E-state index contributed by atoms with van der Waals surface area (Å²) in [5.41, 5.74) is 1.26. The van der Waals surface area contributed by atoms with Crippen LogP contribution in [0.3, 0.4) is 0 Å². The van der Waals surface area contributed by atoms with Gasteiger partial charge in [0.1, 0.15) is 11.2 Å². The zero-order chi connectivity index (χ0) is 20.6. The standard InChI is InChI=1S/C21H32N2O4/c1-19(2,3)26-17(24)22-15-9-10-16-14(13-15)11-12-23(21(16,7)8)18(25)27-20(4,5)6/h9-10,13H,11-12H2,1-8H3,(H,22,24). The molecule has 0 bridgehead atoms. The second-order valence-electron chi connectivity index (χ2n) is 9.44. The number of nitrogens with one attached hydrogen (secondary N) is 1. The van der Waals surface area contributed by atoms with Crippen LogP contribution in [0.1, 0.15) is 66.5 Å². The molecule has 0 fully saturated rings. The first-order valence-electron chi connectivity index (χ1n) is 9.33. The van der Waals surface area contributed by atoms with Gasteiger partial charge < -0.3 is 9.47 Å². The molecule has 0 saturated heterocycles. The number of hydrogen-bond acceptors (Lipinski definition) is 4. The maximum Gasteiger partial charge on any atom is 0.412 e. The highest BCUT2D eigenvalue weighted by Gasteiger charge is 2.39. The molecule has 0 saturated carbocycles. The largest absolute Gasteiger partial charge is 0.444 e. The van der Waals surface area contributed by atoms with Gasteiger partial charge in [-0.3, -0.25) is 10.2 Å². The zero-order valence-corrected chi connectivity index (χ0v) is 17.7. The summed E-state index contributed by atoms with van der Waals surface area (Å²) in [6.07, 6.45) is -0.0935. The molecule has 150 valence electrons. The molecule has 1 aromatic rings. The number of fused-ring (bicyclic) bond motifs is 1. The van der Waals surface area contributed by atoms with Crippen LogP contribution in [0.15, 0.2) is 18.2 Å². The molecule has 0 radical (unpaired) electrons. The summed E-state index contributed by atoms with van der Waals surface area (Å²) in [5, 5.41) is 2.77. The fourth-order valence-corrected chi connectivity index (χ4v) is 3.19. The van der Waals surface area contributed by atoms with Crippen molar-refractivity contribution in [1.82, 2.24) is 4.90 Å². The average molecular weight is 376 g/mol. The minimum Gasteiger partial charge on any atom is -0.444 e. The first-order chi connectivity index (χ1) is 12.2. The predicted octanol–water partition coefficient (Wildman–Crippen LogP) is 5.06. The predicted molar refractivity (Wildman–Crippen MR) is 106 cm³/mol. The van der Waals surface area contributed by atoms with E-state index in [1.54, 1.807) is 4.90 Å². The molecule has 0 atom stereocenters. The van der Waals surface area contributed by atoms with E-state index in [2.05, 4.69) is 5.32 Å². The van der Waals surface area contributed by atoms with E-state index in [1.165, 1.54) is 0 Å². The molecule has 27 heavy (non-hydrogen) atoms. The summed E-state index contributed by atoms with van der Waals surface area (Å²) in [4.78, 5) is 26.4. The van der Waals surface area contributed by atoms with E-state index in [0.29, 0.717) is 18.7 Å². The normalized spacial score (nSPS) is 16.4. The number of benzene rings is 1. The molecule has 1 N–H and O–H groups in total. The quantitative estimate of drug-likeness (QED) is 0.744. The molecule has 6 nitrogen and oxygen atoms in total. The molecule has 1 aliphatic heterocycles. The Morgan fingerprint density at radius 1 is 1.04 bits per heavy atom. The number of rotatable bonds is 1. The Morgan fingerprint density at radius 2 is 1.63 bits per heavy atom. The van der Waals surface area contributed by atoms with Crippen LogP contribution in [0.5, 0.6) is 0 Å². The van der Waals surface area contributed by atoms with E-state index in [-0.39, 0.29) is 6.09 Å². The lowest BCUT2D eigenvalue weighted by Gasteiger charge is -2.44.